The lowest BCUT2D eigenvalue weighted by molar-refractivity contribution is 0.255. The second-order valence-electron chi connectivity index (χ2n) is 6.02. The lowest BCUT2D eigenvalue weighted by Crippen LogP contribution is -2.39. The molecular formula is C17H29N3. The summed E-state index contributed by atoms with van der Waals surface area (Å²) in [5.74, 6) is 0. The van der Waals surface area contributed by atoms with Crippen molar-refractivity contribution in [2.45, 2.75) is 51.7 Å². The van der Waals surface area contributed by atoms with Gasteiger partial charge in [0.05, 0.1) is 0 Å². The van der Waals surface area contributed by atoms with E-state index < -0.39 is 0 Å². The summed E-state index contributed by atoms with van der Waals surface area (Å²) < 4.78 is 0. The van der Waals surface area contributed by atoms with E-state index in [9.17, 15) is 0 Å². The van der Waals surface area contributed by atoms with Gasteiger partial charge in [0.1, 0.15) is 0 Å². The Hall–Kier alpha value is -0.900. The minimum atomic E-state index is 0.544. The second kappa shape index (κ2) is 8.40. The number of nitrogens with zero attached hydrogens (tertiary/aromatic N) is 1. The molecule has 1 aromatic rings. The lowest BCUT2D eigenvalue weighted by Gasteiger charge is -2.24. The van der Waals surface area contributed by atoms with Gasteiger partial charge in [-0.25, -0.2) is 0 Å². The topological polar surface area (TPSA) is 41.3 Å². The molecular weight excluding hydrogens is 246 g/mol. The molecule has 3 nitrogen and oxygen atoms in total. The van der Waals surface area contributed by atoms with Crippen LogP contribution in [0.5, 0.6) is 0 Å². The Kier molecular flexibility index (Phi) is 6.51. The molecule has 0 aliphatic carbocycles. The van der Waals surface area contributed by atoms with Crippen LogP contribution in [0.1, 0.15) is 43.7 Å². The van der Waals surface area contributed by atoms with Crippen LogP contribution in [0.25, 0.3) is 0 Å². The number of likely N-dealkylation sites (tertiary alicyclic amines) is 1. The van der Waals surface area contributed by atoms with Crippen molar-refractivity contribution < 1.29 is 0 Å². The molecule has 0 unspecified atom stereocenters. The average molecular weight is 275 g/mol. The molecule has 112 valence electrons. The van der Waals surface area contributed by atoms with Crippen molar-refractivity contribution in [3.8, 4) is 0 Å². The van der Waals surface area contributed by atoms with Crippen LogP contribution in [0.3, 0.4) is 0 Å². The van der Waals surface area contributed by atoms with Gasteiger partial charge >= 0.3 is 0 Å². The van der Waals surface area contributed by atoms with Gasteiger partial charge in [-0.3, -0.25) is 0 Å². The molecule has 1 atom stereocenters. The molecule has 0 aromatic heterocycles. The zero-order valence-corrected chi connectivity index (χ0v) is 12.8. The van der Waals surface area contributed by atoms with E-state index in [4.69, 9.17) is 5.73 Å². The van der Waals surface area contributed by atoms with Crippen LogP contribution in [-0.4, -0.2) is 30.6 Å². The third-order valence-electron chi connectivity index (χ3n) is 4.14. The SMILES string of the molecule is C[C@@H](CN1CCCCCC1)NCc1ccc(CN)cc1. The van der Waals surface area contributed by atoms with Crippen molar-refractivity contribution in [2.75, 3.05) is 19.6 Å². The van der Waals surface area contributed by atoms with Gasteiger partial charge in [0.15, 0.2) is 0 Å². The van der Waals surface area contributed by atoms with Gasteiger partial charge in [-0.05, 0) is 44.0 Å². The molecule has 3 heteroatoms. The standard InChI is InChI=1S/C17H29N3/c1-15(14-20-10-4-2-3-5-11-20)19-13-17-8-6-16(12-18)7-9-17/h6-9,15,19H,2-5,10-14,18H2,1H3/t15-/m0/s1. The highest BCUT2D eigenvalue weighted by molar-refractivity contribution is 5.22. The van der Waals surface area contributed by atoms with Crippen LogP contribution in [0.15, 0.2) is 24.3 Å². The zero-order valence-electron chi connectivity index (χ0n) is 12.8. The summed E-state index contributed by atoms with van der Waals surface area (Å²) >= 11 is 0. The maximum Gasteiger partial charge on any atom is 0.0208 e. The van der Waals surface area contributed by atoms with Crippen LogP contribution in [0.2, 0.25) is 0 Å². The number of nitrogens with one attached hydrogen (secondary N) is 1. The van der Waals surface area contributed by atoms with Gasteiger partial charge in [0, 0.05) is 25.7 Å². The van der Waals surface area contributed by atoms with Crippen LogP contribution >= 0.6 is 0 Å². The molecule has 1 aliphatic rings. The van der Waals surface area contributed by atoms with Crippen LogP contribution in [0, 0.1) is 0 Å². The van der Waals surface area contributed by atoms with Gasteiger partial charge in [0.2, 0.25) is 0 Å². The predicted molar refractivity (Wildman–Crippen MR) is 85.5 cm³/mol. The minimum absolute atomic E-state index is 0.544. The minimum Gasteiger partial charge on any atom is -0.326 e. The fourth-order valence-corrected chi connectivity index (χ4v) is 2.86. The van der Waals surface area contributed by atoms with E-state index in [0.717, 1.165) is 6.54 Å². The molecule has 0 spiro atoms. The Morgan fingerprint density at radius 3 is 2.25 bits per heavy atom. The molecule has 20 heavy (non-hydrogen) atoms. The summed E-state index contributed by atoms with van der Waals surface area (Å²) in [5, 5.41) is 3.63. The van der Waals surface area contributed by atoms with Crippen molar-refractivity contribution >= 4 is 0 Å². The molecule has 1 saturated heterocycles. The fourth-order valence-electron chi connectivity index (χ4n) is 2.86. The third-order valence-corrected chi connectivity index (χ3v) is 4.14. The Morgan fingerprint density at radius 2 is 1.65 bits per heavy atom. The van der Waals surface area contributed by atoms with E-state index in [2.05, 4.69) is 41.4 Å². The van der Waals surface area contributed by atoms with E-state index in [0.29, 0.717) is 12.6 Å². The average Bonchev–Trinajstić information content (AvgIpc) is 2.74. The molecule has 0 bridgehead atoms. The van der Waals surface area contributed by atoms with E-state index in [1.165, 1.54) is 56.4 Å². The molecule has 1 aromatic carbocycles. The van der Waals surface area contributed by atoms with Crippen molar-refractivity contribution in [1.29, 1.82) is 0 Å². The molecule has 0 radical (unpaired) electrons. The molecule has 0 saturated carbocycles. The van der Waals surface area contributed by atoms with Gasteiger partial charge in [0.25, 0.3) is 0 Å². The smallest absolute Gasteiger partial charge is 0.0208 e. The summed E-state index contributed by atoms with van der Waals surface area (Å²) in [4.78, 5) is 2.61. The molecule has 1 fully saturated rings. The molecule has 0 amide bonds. The second-order valence-corrected chi connectivity index (χ2v) is 6.02. The maximum absolute atomic E-state index is 5.62. The lowest BCUT2D eigenvalue weighted by atomic mass is 10.1. The number of hydrogen-bond donors (Lipinski definition) is 2. The van der Waals surface area contributed by atoms with Crippen molar-refractivity contribution in [3.05, 3.63) is 35.4 Å². The summed E-state index contributed by atoms with van der Waals surface area (Å²) in [6.45, 7) is 7.58. The van der Waals surface area contributed by atoms with Gasteiger partial charge < -0.3 is 16.0 Å². The molecule has 2 rings (SSSR count). The predicted octanol–water partition coefficient (Wildman–Crippen LogP) is 2.50. The first kappa shape index (κ1) is 15.5. The first-order chi connectivity index (χ1) is 9.78. The third kappa shape index (κ3) is 5.23. The monoisotopic (exact) mass is 275 g/mol. The summed E-state index contributed by atoms with van der Waals surface area (Å²) in [6, 6.07) is 9.14. The van der Waals surface area contributed by atoms with Crippen molar-refractivity contribution in [2.24, 2.45) is 5.73 Å². The quantitative estimate of drug-likeness (QED) is 0.838. The Balaban J connectivity index is 1.71. The number of hydrogen-bond acceptors (Lipinski definition) is 3. The van der Waals surface area contributed by atoms with Gasteiger partial charge in [-0.15, -0.1) is 0 Å². The number of nitrogens with two attached hydrogens (primary N) is 1. The van der Waals surface area contributed by atoms with Crippen molar-refractivity contribution in [1.82, 2.24) is 10.2 Å². The van der Waals surface area contributed by atoms with E-state index in [1.807, 2.05) is 0 Å². The zero-order chi connectivity index (χ0) is 14.2. The Labute approximate surface area is 123 Å². The van der Waals surface area contributed by atoms with Gasteiger partial charge in [-0.1, -0.05) is 37.1 Å². The van der Waals surface area contributed by atoms with Crippen LogP contribution in [0.4, 0.5) is 0 Å². The highest BCUT2D eigenvalue weighted by Crippen LogP contribution is 2.10. The Morgan fingerprint density at radius 1 is 1.05 bits per heavy atom. The van der Waals surface area contributed by atoms with Gasteiger partial charge in [-0.2, -0.15) is 0 Å². The molecule has 3 N–H and O–H groups in total. The largest absolute Gasteiger partial charge is 0.326 e. The highest BCUT2D eigenvalue weighted by Gasteiger charge is 2.12. The highest BCUT2D eigenvalue weighted by atomic mass is 15.1. The van der Waals surface area contributed by atoms with E-state index >= 15 is 0 Å². The Bertz CT molecular complexity index is 366. The molecule has 1 aliphatic heterocycles. The number of benzene rings is 1. The summed E-state index contributed by atoms with van der Waals surface area (Å²) in [5.41, 5.74) is 8.16. The van der Waals surface area contributed by atoms with Crippen molar-refractivity contribution in [3.63, 3.8) is 0 Å². The summed E-state index contributed by atoms with van der Waals surface area (Å²) in [6.07, 6.45) is 5.55. The first-order valence-electron chi connectivity index (χ1n) is 8.01. The van der Waals surface area contributed by atoms with E-state index in [1.54, 1.807) is 0 Å². The van der Waals surface area contributed by atoms with Crippen LogP contribution < -0.4 is 11.1 Å². The van der Waals surface area contributed by atoms with Crippen LogP contribution in [-0.2, 0) is 13.1 Å². The normalized spacial score (nSPS) is 18.7. The first-order valence-corrected chi connectivity index (χ1v) is 8.01. The summed E-state index contributed by atoms with van der Waals surface area (Å²) in [7, 11) is 0. The maximum atomic E-state index is 5.62. The number of rotatable bonds is 6. The molecule has 1 heterocycles. The fraction of sp³-hybridized carbons (Fsp3) is 0.647. The van der Waals surface area contributed by atoms with E-state index in [-0.39, 0.29) is 0 Å².